The van der Waals surface area contributed by atoms with Gasteiger partial charge in [0.05, 0.1) is 19.6 Å². The second-order valence-corrected chi connectivity index (χ2v) is 9.07. The lowest BCUT2D eigenvalue weighted by atomic mass is 9.96. The van der Waals surface area contributed by atoms with Crippen molar-refractivity contribution in [1.82, 2.24) is 9.55 Å². The molecule has 2 rings (SSSR count). The highest BCUT2D eigenvalue weighted by atomic mass is 31.2. The minimum Gasteiger partial charge on any atom is -0.456 e. The van der Waals surface area contributed by atoms with Crippen LogP contribution in [0.25, 0.3) is 0 Å². The molecule has 1 aliphatic heterocycles. The molecule has 0 saturated carbocycles. The zero-order chi connectivity index (χ0) is 23.6. The fraction of sp³-hybridized carbons (Fsp3) is 0.706. The van der Waals surface area contributed by atoms with E-state index in [1.54, 1.807) is 0 Å². The summed E-state index contributed by atoms with van der Waals surface area (Å²) < 4.78 is 78.1. The summed E-state index contributed by atoms with van der Waals surface area (Å²) in [6.45, 7) is 3.71. The molecule has 0 unspecified atom stereocenters. The molecule has 4 atom stereocenters. The number of rotatable bonds is 9. The van der Waals surface area contributed by atoms with Crippen LogP contribution in [0.3, 0.4) is 0 Å². The Bertz CT molecular complexity index is 925. The van der Waals surface area contributed by atoms with Gasteiger partial charge >= 0.3 is 24.9 Å². The predicted molar refractivity (Wildman–Crippen MR) is 101 cm³/mol. The maximum Gasteiger partial charge on any atom is 0.399 e. The van der Waals surface area contributed by atoms with Crippen LogP contribution in [0.2, 0.25) is 0 Å². The van der Waals surface area contributed by atoms with E-state index in [2.05, 4.69) is 14.0 Å². The number of hydrogen-bond donors (Lipinski definition) is 1. The van der Waals surface area contributed by atoms with Gasteiger partial charge in [0.25, 0.3) is 5.56 Å². The molecule has 0 amide bonds. The Hall–Kier alpha value is -1.95. The number of H-pyrrole nitrogens is 1. The van der Waals surface area contributed by atoms with Crippen molar-refractivity contribution in [3.8, 4) is 0 Å². The van der Waals surface area contributed by atoms with Crippen LogP contribution in [-0.4, -0.2) is 52.3 Å². The third kappa shape index (κ3) is 4.94. The summed E-state index contributed by atoms with van der Waals surface area (Å²) in [6.07, 6.45) is -6.27. The van der Waals surface area contributed by atoms with Gasteiger partial charge in [-0.1, -0.05) is 0 Å². The number of alkyl halides is 3. The molecule has 0 bridgehead atoms. The molecule has 1 aliphatic rings. The van der Waals surface area contributed by atoms with E-state index in [1.807, 2.05) is 0 Å². The van der Waals surface area contributed by atoms with Gasteiger partial charge in [0, 0.05) is 19.2 Å². The lowest BCUT2D eigenvalue weighted by Gasteiger charge is -2.30. The van der Waals surface area contributed by atoms with Crippen LogP contribution in [0.15, 0.2) is 21.9 Å². The fourth-order valence-corrected chi connectivity index (χ4v) is 4.82. The van der Waals surface area contributed by atoms with Gasteiger partial charge in [-0.2, -0.15) is 8.78 Å². The minimum absolute atomic E-state index is 0.347. The number of hydrogen-bond acceptors (Lipinski definition) is 8. The molecule has 2 heterocycles. The zero-order valence-corrected chi connectivity index (χ0v) is 18.2. The van der Waals surface area contributed by atoms with E-state index in [1.165, 1.54) is 13.8 Å². The van der Waals surface area contributed by atoms with E-state index in [9.17, 15) is 27.7 Å². The van der Waals surface area contributed by atoms with E-state index in [-0.39, 0.29) is 13.2 Å². The molecule has 1 aromatic rings. The van der Waals surface area contributed by atoms with Crippen LogP contribution < -0.4 is 11.2 Å². The second-order valence-electron chi connectivity index (χ2n) is 6.90. The number of aromatic amines is 1. The number of carbonyl (C=O) groups excluding carboxylic acids is 1. The molecule has 0 spiro atoms. The molecule has 31 heavy (non-hydrogen) atoms. The average molecular weight is 472 g/mol. The quantitative estimate of drug-likeness (QED) is 0.429. The molecule has 0 aromatic carbocycles. The third-order valence-corrected chi connectivity index (χ3v) is 6.72. The number of carbonyl (C=O) groups is 1. The summed E-state index contributed by atoms with van der Waals surface area (Å²) >= 11 is 0. The molecule has 0 radical (unpaired) electrons. The van der Waals surface area contributed by atoms with E-state index < -0.39 is 61.0 Å². The standard InChI is InChI=1S/C17H24F3N2O8P/c1-5-27-31(26,28-6-2)17(19,20)9-11-13(29-10(3)23)16(4,18)14(30-11)22-12(24)7-8-21-15(22)25/h7-8,11,13-14H,5-6,9H2,1-4H3,(H,21,25)/t11-,13-,14-,16-/m1/s1. The van der Waals surface area contributed by atoms with Crippen LogP contribution in [0.5, 0.6) is 0 Å². The van der Waals surface area contributed by atoms with Gasteiger partial charge in [0.1, 0.15) is 6.10 Å². The first-order valence-corrected chi connectivity index (χ1v) is 10.9. The third-order valence-electron chi connectivity index (χ3n) is 4.54. The van der Waals surface area contributed by atoms with Gasteiger partial charge in [0.2, 0.25) is 0 Å². The maximum absolute atomic E-state index is 15.7. The number of ether oxygens (including phenoxy) is 2. The van der Waals surface area contributed by atoms with Crippen molar-refractivity contribution in [3.63, 3.8) is 0 Å². The highest BCUT2D eigenvalue weighted by molar-refractivity contribution is 7.55. The van der Waals surface area contributed by atoms with Crippen molar-refractivity contribution in [3.05, 3.63) is 33.1 Å². The summed E-state index contributed by atoms with van der Waals surface area (Å²) in [7, 11) is -5.00. The van der Waals surface area contributed by atoms with Gasteiger partial charge in [-0.05, 0) is 20.8 Å². The van der Waals surface area contributed by atoms with Gasteiger partial charge in [-0.15, -0.1) is 0 Å². The lowest BCUT2D eigenvalue weighted by Crippen LogP contribution is -2.48. The van der Waals surface area contributed by atoms with Crippen molar-refractivity contribution >= 4 is 13.6 Å². The molecule has 1 N–H and O–H groups in total. The highest BCUT2D eigenvalue weighted by Gasteiger charge is 2.63. The van der Waals surface area contributed by atoms with Gasteiger partial charge in [0.15, 0.2) is 18.0 Å². The van der Waals surface area contributed by atoms with Crippen LogP contribution in [0, 0.1) is 0 Å². The summed E-state index contributed by atoms with van der Waals surface area (Å²) in [5, 5.41) is 0. The van der Waals surface area contributed by atoms with Crippen LogP contribution >= 0.6 is 7.60 Å². The Morgan fingerprint density at radius 1 is 1.32 bits per heavy atom. The van der Waals surface area contributed by atoms with Crippen LogP contribution in [0.4, 0.5) is 13.2 Å². The van der Waals surface area contributed by atoms with Crippen molar-refractivity contribution in [2.24, 2.45) is 0 Å². The number of nitrogens with zero attached hydrogens (tertiary/aromatic N) is 1. The Morgan fingerprint density at radius 3 is 2.39 bits per heavy atom. The SMILES string of the molecule is CCOP(=O)(OCC)C(F)(F)C[C@H]1O[C@@H](n2c(=O)cc[nH]c2=O)[C@](C)(F)[C@@H]1OC(C)=O. The molecule has 176 valence electrons. The van der Waals surface area contributed by atoms with Crippen molar-refractivity contribution in [2.75, 3.05) is 13.2 Å². The van der Waals surface area contributed by atoms with Crippen molar-refractivity contribution in [2.45, 2.75) is 63.9 Å². The summed E-state index contributed by atoms with van der Waals surface area (Å²) in [4.78, 5) is 37.9. The summed E-state index contributed by atoms with van der Waals surface area (Å²) in [5.74, 6) is -1.02. The first-order valence-electron chi connectivity index (χ1n) is 9.39. The highest BCUT2D eigenvalue weighted by Crippen LogP contribution is 2.64. The Kier molecular flexibility index (Phi) is 7.57. The summed E-state index contributed by atoms with van der Waals surface area (Å²) in [6, 6.07) is 0.905. The largest absolute Gasteiger partial charge is 0.456 e. The smallest absolute Gasteiger partial charge is 0.399 e. The Labute approximate surface area is 175 Å². The molecule has 1 saturated heterocycles. The maximum atomic E-state index is 15.7. The van der Waals surface area contributed by atoms with E-state index in [0.717, 1.165) is 26.1 Å². The average Bonchev–Trinajstić information content (AvgIpc) is 2.85. The fourth-order valence-electron chi connectivity index (χ4n) is 3.29. The van der Waals surface area contributed by atoms with E-state index >= 15 is 4.39 Å². The Balaban J connectivity index is 2.50. The normalized spacial score (nSPS) is 26.7. The number of nitrogens with one attached hydrogen (secondary N) is 1. The predicted octanol–water partition coefficient (Wildman–Crippen LogP) is 2.34. The zero-order valence-electron chi connectivity index (χ0n) is 17.3. The number of aromatic nitrogens is 2. The van der Waals surface area contributed by atoms with E-state index in [0.29, 0.717) is 4.57 Å². The van der Waals surface area contributed by atoms with Crippen molar-refractivity contribution in [1.29, 1.82) is 0 Å². The molecule has 1 fully saturated rings. The van der Waals surface area contributed by atoms with Crippen molar-refractivity contribution < 1.29 is 41.1 Å². The van der Waals surface area contributed by atoms with Gasteiger partial charge in [-0.25, -0.2) is 13.8 Å². The van der Waals surface area contributed by atoms with Gasteiger partial charge in [-0.3, -0.25) is 14.2 Å². The molecule has 14 heteroatoms. The minimum atomic E-state index is -5.00. The van der Waals surface area contributed by atoms with E-state index in [4.69, 9.17) is 9.47 Å². The first-order chi connectivity index (χ1) is 14.3. The second kappa shape index (κ2) is 9.27. The molecule has 1 aromatic heterocycles. The summed E-state index contributed by atoms with van der Waals surface area (Å²) in [5.41, 5.74) is -8.97. The first kappa shape index (κ1) is 25.3. The molecular weight excluding hydrogens is 448 g/mol. The topological polar surface area (TPSA) is 126 Å². The lowest BCUT2D eigenvalue weighted by molar-refractivity contribution is -0.156. The number of esters is 1. The van der Waals surface area contributed by atoms with Gasteiger partial charge < -0.3 is 23.5 Å². The Morgan fingerprint density at radius 2 is 1.90 bits per heavy atom. The molecular formula is C17H24F3N2O8P. The van der Waals surface area contributed by atoms with Crippen LogP contribution in [-0.2, 0) is 27.9 Å². The molecule has 0 aliphatic carbocycles. The number of halogens is 3. The molecule has 10 nitrogen and oxygen atoms in total. The van der Waals surface area contributed by atoms with Crippen LogP contribution in [0.1, 0.15) is 40.3 Å². The monoisotopic (exact) mass is 472 g/mol.